The molecular weight excluding hydrogens is 338 g/mol. The smallest absolute Gasteiger partial charge is 0.251 e. The van der Waals surface area contributed by atoms with Crippen molar-refractivity contribution in [1.29, 1.82) is 0 Å². The van der Waals surface area contributed by atoms with Crippen LogP contribution in [0.4, 0.5) is 5.95 Å². The third kappa shape index (κ3) is 5.50. The van der Waals surface area contributed by atoms with Crippen LogP contribution in [0.15, 0.2) is 42.7 Å². The number of benzene rings is 1. The number of nitrogens with zero attached hydrogens (tertiary/aromatic N) is 4. The number of carbonyl (C=O) groups is 1. The third-order valence-corrected chi connectivity index (χ3v) is 4.98. The largest absolute Gasteiger partial charge is 0.352 e. The Labute approximate surface area is 161 Å². The number of amides is 1. The molecular formula is C21H29N5O. The highest BCUT2D eigenvalue weighted by Gasteiger charge is 2.18. The van der Waals surface area contributed by atoms with Crippen molar-refractivity contribution in [3.8, 4) is 0 Å². The molecule has 1 fully saturated rings. The van der Waals surface area contributed by atoms with E-state index in [1.54, 1.807) is 12.4 Å². The highest BCUT2D eigenvalue weighted by Crippen LogP contribution is 2.14. The molecule has 0 bridgehead atoms. The van der Waals surface area contributed by atoms with Crippen LogP contribution in [0.3, 0.4) is 0 Å². The minimum Gasteiger partial charge on any atom is -0.352 e. The van der Waals surface area contributed by atoms with Gasteiger partial charge in [-0.3, -0.25) is 9.69 Å². The molecule has 1 aliphatic rings. The molecule has 144 valence electrons. The number of aromatic nitrogens is 2. The van der Waals surface area contributed by atoms with Gasteiger partial charge in [0.25, 0.3) is 5.91 Å². The fraction of sp³-hybridized carbons (Fsp3) is 0.476. The second-order valence-corrected chi connectivity index (χ2v) is 7.26. The van der Waals surface area contributed by atoms with E-state index in [2.05, 4.69) is 38.9 Å². The molecule has 1 amide bonds. The summed E-state index contributed by atoms with van der Waals surface area (Å²) < 4.78 is 0. The number of rotatable bonds is 7. The molecule has 6 heteroatoms. The highest BCUT2D eigenvalue weighted by atomic mass is 16.1. The van der Waals surface area contributed by atoms with Crippen molar-refractivity contribution in [3.05, 3.63) is 53.9 Å². The van der Waals surface area contributed by atoms with Crippen LogP contribution in [0.25, 0.3) is 0 Å². The van der Waals surface area contributed by atoms with Gasteiger partial charge in [-0.25, -0.2) is 9.97 Å². The van der Waals surface area contributed by atoms with Crippen molar-refractivity contribution in [2.75, 3.05) is 44.2 Å². The first-order valence-corrected chi connectivity index (χ1v) is 9.76. The van der Waals surface area contributed by atoms with Gasteiger partial charge in [0.15, 0.2) is 0 Å². The predicted molar refractivity (Wildman–Crippen MR) is 108 cm³/mol. The number of nitrogens with one attached hydrogen (secondary N) is 1. The van der Waals surface area contributed by atoms with Crippen molar-refractivity contribution in [2.45, 2.75) is 26.2 Å². The molecule has 0 saturated carbocycles. The van der Waals surface area contributed by atoms with E-state index in [0.717, 1.165) is 50.7 Å². The molecule has 6 nitrogen and oxygen atoms in total. The molecule has 0 atom stereocenters. The molecule has 0 aliphatic carbocycles. The number of piperazine rings is 1. The summed E-state index contributed by atoms with van der Waals surface area (Å²) in [6.07, 6.45) is 4.53. The summed E-state index contributed by atoms with van der Waals surface area (Å²) in [6, 6.07) is 9.74. The van der Waals surface area contributed by atoms with Gasteiger partial charge in [-0.05, 0) is 42.6 Å². The summed E-state index contributed by atoms with van der Waals surface area (Å²) >= 11 is 0. The average Bonchev–Trinajstić information content (AvgIpc) is 2.72. The topological polar surface area (TPSA) is 61.4 Å². The second-order valence-electron chi connectivity index (χ2n) is 7.26. The van der Waals surface area contributed by atoms with Crippen LogP contribution in [0, 0.1) is 0 Å². The maximum atomic E-state index is 12.2. The van der Waals surface area contributed by atoms with Gasteiger partial charge in [0.2, 0.25) is 5.95 Å². The molecule has 1 N–H and O–H groups in total. The van der Waals surface area contributed by atoms with E-state index < -0.39 is 0 Å². The van der Waals surface area contributed by atoms with Crippen LogP contribution in [0.5, 0.6) is 0 Å². The number of carbonyl (C=O) groups excluding carboxylic acids is 1. The van der Waals surface area contributed by atoms with Crippen LogP contribution in [-0.4, -0.2) is 60.0 Å². The van der Waals surface area contributed by atoms with E-state index in [1.165, 1.54) is 5.56 Å². The summed E-state index contributed by atoms with van der Waals surface area (Å²) in [5, 5.41) is 3.03. The lowest BCUT2D eigenvalue weighted by atomic mass is 10.0. The standard InChI is InChI=1S/C21H29N5O/c1-17(2)18-5-7-19(8-6-18)20(27)22-11-4-12-25-13-15-26(16-14-25)21-23-9-3-10-24-21/h3,5-10,17H,4,11-16H2,1-2H3,(H,22,27). The van der Waals surface area contributed by atoms with Crippen molar-refractivity contribution >= 4 is 11.9 Å². The quantitative estimate of drug-likeness (QED) is 0.762. The Bertz CT molecular complexity index is 709. The Hall–Kier alpha value is -2.47. The van der Waals surface area contributed by atoms with Crippen LogP contribution >= 0.6 is 0 Å². The Morgan fingerprint density at radius 2 is 1.74 bits per heavy atom. The van der Waals surface area contributed by atoms with Gasteiger partial charge in [-0.2, -0.15) is 0 Å². The monoisotopic (exact) mass is 367 g/mol. The van der Waals surface area contributed by atoms with Gasteiger partial charge in [0.05, 0.1) is 0 Å². The highest BCUT2D eigenvalue weighted by molar-refractivity contribution is 5.94. The molecule has 2 aromatic rings. The zero-order valence-electron chi connectivity index (χ0n) is 16.3. The minimum absolute atomic E-state index is 0.0105. The summed E-state index contributed by atoms with van der Waals surface area (Å²) in [7, 11) is 0. The lowest BCUT2D eigenvalue weighted by Gasteiger charge is -2.34. The van der Waals surface area contributed by atoms with E-state index in [0.29, 0.717) is 12.5 Å². The first-order valence-electron chi connectivity index (χ1n) is 9.76. The first-order chi connectivity index (χ1) is 13.1. The van der Waals surface area contributed by atoms with Crippen molar-refractivity contribution < 1.29 is 4.79 Å². The Kier molecular flexibility index (Phi) is 6.76. The summed E-state index contributed by atoms with van der Waals surface area (Å²) in [4.78, 5) is 25.5. The Morgan fingerprint density at radius 3 is 2.37 bits per heavy atom. The number of hydrogen-bond donors (Lipinski definition) is 1. The minimum atomic E-state index is 0.0105. The molecule has 1 aromatic heterocycles. The van der Waals surface area contributed by atoms with Gasteiger partial charge >= 0.3 is 0 Å². The van der Waals surface area contributed by atoms with Gasteiger partial charge < -0.3 is 10.2 Å². The van der Waals surface area contributed by atoms with Gasteiger partial charge in [-0.15, -0.1) is 0 Å². The molecule has 0 unspecified atom stereocenters. The Balaban J connectivity index is 1.34. The van der Waals surface area contributed by atoms with E-state index >= 15 is 0 Å². The van der Waals surface area contributed by atoms with E-state index in [1.807, 2.05) is 30.3 Å². The van der Waals surface area contributed by atoms with E-state index in [9.17, 15) is 4.79 Å². The maximum Gasteiger partial charge on any atom is 0.251 e. The molecule has 0 spiro atoms. The lowest BCUT2D eigenvalue weighted by Crippen LogP contribution is -2.47. The van der Waals surface area contributed by atoms with Crippen LogP contribution < -0.4 is 10.2 Å². The van der Waals surface area contributed by atoms with Crippen molar-refractivity contribution in [1.82, 2.24) is 20.2 Å². The fourth-order valence-corrected chi connectivity index (χ4v) is 3.25. The maximum absolute atomic E-state index is 12.2. The van der Waals surface area contributed by atoms with Gasteiger partial charge in [0.1, 0.15) is 0 Å². The zero-order chi connectivity index (χ0) is 19.1. The average molecular weight is 367 g/mol. The summed E-state index contributed by atoms with van der Waals surface area (Å²) in [6.45, 7) is 9.90. The zero-order valence-corrected chi connectivity index (χ0v) is 16.3. The number of hydrogen-bond acceptors (Lipinski definition) is 5. The van der Waals surface area contributed by atoms with E-state index in [4.69, 9.17) is 0 Å². The van der Waals surface area contributed by atoms with Gasteiger partial charge in [0, 0.05) is 50.7 Å². The fourth-order valence-electron chi connectivity index (χ4n) is 3.25. The van der Waals surface area contributed by atoms with Crippen LogP contribution in [0.2, 0.25) is 0 Å². The van der Waals surface area contributed by atoms with E-state index in [-0.39, 0.29) is 5.91 Å². The van der Waals surface area contributed by atoms with Crippen molar-refractivity contribution in [2.24, 2.45) is 0 Å². The van der Waals surface area contributed by atoms with Crippen LogP contribution in [0.1, 0.15) is 42.1 Å². The molecule has 1 aromatic carbocycles. The molecule has 2 heterocycles. The third-order valence-electron chi connectivity index (χ3n) is 4.98. The summed E-state index contributed by atoms with van der Waals surface area (Å²) in [5.74, 6) is 1.31. The molecule has 1 saturated heterocycles. The molecule has 0 radical (unpaired) electrons. The number of anilines is 1. The normalized spacial score (nSPS) is 15.1. The van der Waals surface area contributed by atoms with Gasteiger partial charge in [-0.1, -0.05) is 26.0 Å². The van der Waals surface area contributed by atoms with Crippen LogP contribution in [-0.2, 0) is 0 Å². The Morgan fingerprint density at radius 1 is 1.07 bits per heavy atom. The molecule has 1 aliphatic heterocycles. The molecule has 3 rings (SSSR count). The SMILES string of the molecule is CC(C)c1ccc(C(=O)NCCCN2CCN(c3ncccn3)CC2)cc1. The second kappa shape index (κ2) is 9.46. The lowest BCUT2D eigenvalue weighted by molar-refractivity contribution is 0.0951. The van der Waals surface area contributed by atoms with Crippen molar-refractivity contribution in [3.63, 3.8) is 0 Å². The molecule has 27 heavy (non-hydrogen) atoms. The predicted octanol–water partition coefficient (Wildman–Crippen LogP) is 2.54. The first kappa shape index (κ1) is 19.3. The summed E-state index contributed by atoms with van der Waals surface area (Å²) in [5.41, 5.74) is 1.99.